The van der Waals surface area contributed by atoms with Crippen LogP contribution in [0.25, 0.3) is 0 Å². The highest BCUT2D eigenvalue weighted by Crippen LogP contribution is 2.23. The number of aromatic hydroxyl groups is 1. The smallest absolute Gasteiger partial charge is 0.173 e. The van der Waals surface area contributed by atoms with Gasteiger partial charge in [0.05, 0.1) is 5.75 Å². The molecule has 0 bridgehead atoms. The van der Waals surface area contributed by atoms with Crippen LogP contribution < -0.4 is 0 Å². The molecular formula is C14H11BrO2S. The van der Waals surface area contributed by atoms with Crippen molar-refractivity contribution in [1.82, 2.24) is 0 Å². The Bertz CT molecular complexity index is 552. The second kappa shape index (κ2) is 6.07. The van der Waals surface area contributed by atoms with E-state index in [1.54, 1.807) is 12.1 Å². The van der Waals surface area contributed by atoms with Gasteiger partial charge in [0.2, 0.25) is 0 Å². The zero-order valence-corrected chi connectivity index (χ0v) is 11.9. The lowest BCUT2D eigenvalue weighted by Crippen LogP contribution is -2.01. The summed E-state index contributed by atoms with van der Waals surface area (Å²) in [6, 6.07) is 14.2. The molecule has 92 valence electrons. The second-order valence-electron chi connectivity index (χ2n) is 3.72. The molecule has 18 heavy (non-hydrogen) atoms. The zero-order valence-electron chi connectivity index (χ0n) is 9.47. The van der Waals surface area contributed by atoms with Gasteiger partial charge >= 0.3 is 0 Å². The van der Waals surface area contributed by atoms with E-state index in [1.807, 2.05) is 24.3 Å². The molecule has 0 amide bonds. The monoisotopic (exact) mass is 322 g/mol. The van der Waals surface area contributed by atoms with Gasteiger partial charge in [-0.3, -0.25) is 4.79 Å². The number of benzene rings is 2. The van der Waals surface area contributed by atoms with Crippen molar-refractivity contribution in [2.24, 2.45) is 0 Å². The molecule has 0 spiro atoms. The highest BCUT2D eigenvalue weighted by Gasteiger charge is 2.06. The molecule has 0 aliphatic carbocycles. The van der Waals surface area contributed by atoms with Crippen LogP contribution in [0.2, 0.25) is 0 Å². The summed E-state index contributed by atoms with van der Waals surface area (Å²) < 4.78 is 1.00. The van der Waals surface area contributed by atoms with Crippen LogP contribution in [0.4, 0.5) is 0 Å². The lowest BCUT2D eigenvalue weighted by atomic mass is 10.1. The second-order valence-corrected chi connectivity index (χ2v) is 5.68. The molecule has 0 aromatic heterocycles. The van der Waals surface area contributed by atoms with E-state index < -0.39 is 0 Å². The van der Waals surface area contributed by atoms with Crippen LogP contribution in [0.15, 0.2) is 57.9 Å². The molecule has 4 heteroatoms. The molecule has 0 unspecified atom stereocenters. The first kappa shape index (κ1) is 13.2. The first-order valence-electron chi connectivity index (χ1n) is 5.36. The molecule has 0 radical (unpaired) electrons. The first-order valence-corrected chi connectivity index (χ1v) is 7.13. The third kappa shape index (κ3) is 3.62. The fourth-order valence-electron chi connectivity index (χ4n) is 1.44. The molecule has 0 atom stereocenters. The fraction of sp³-hybridized carbons (Fsp3) is 0.0714. The van der Waals surface area contributed by atoms with Gasteiger partial charge in [-0.15, -0.1) is 11.8 Å². The van der Waals surface area contributed by atoms with E-state index in [2.05, 4.69) is 15.9 Å². The molecule has 1 N–H and O–H groups in total. The molecule has 0 aliphatic heterocycles. The fourth-order valence-corrected chi connectivity index (χ4v) is 2.84. The van der Waals surface area contributed by atoms with Gasteiger partial charge in [0.25, 0.3) is 0 Å². The van der Waals surface area contributed by atoms with Crippen molar-refractivity contribution in [3.05, 3.63) is 58.6 Å². The highest BCUT2D eigenvalue weighted by atomic mass is 79.9. The molecule has 2 aromatic rings. The van der Waals surface area contributed by atoms with Gasteiger partial charge in [0, 0.05) is 14.9 Å². The molecule has 0 aliphatic rings. The number of rotatable bonds is 4. The van der Waals surface area contributed by atoms with Gasteiger partial charge in [-0.1, -0.05) is 22.0 Å². The SMILES string of the molecule is O=C(CSc1cccc(Br)c1)c1ccc(O)cc1. The summed E-state index contributed by atoms with van der Waals surface area (Å²) in [4.78, 5) is 13.0. The van der Waals surface area contributed by atoms with Crippen LogP contribution in [0.1, 0.15) is 10.4 Å². The van der Waals surface area contributed by atoms with Crippen LogP contribution in [0.5, 0.6) is 5.75 Å². The van der Waals surface area contributed by atoms with Crippen molar-refractivity contribution < 1.29 is 9.90 Å². The Morgan fingerprint density at radius 2 is 1.89 bits per heavy atom. The number of ketones is 1. The van der Waals surface area contributed by atoms with Crippen LogP contribution in [-0.4, -0.2) is 16.6 Å². The maximum Gasteiger partial charge on any atom is 0.173 e. The number of thioether (sulfide) groups is 1. The lowest BCUT2D eigenvalue weighted by molar-refractivity contribution is 0.102. The van der Waals surface area contributed by atoms with E-state index in [0.29, 0.717) is 11.3 Å². The number of phenols is 1. The minimum atomic E-state index is 0.0555. The largest absolute Gasteiger partial charge is 0.508 e. The van der Waals surface area contributed by atoms with Crippen LogP contribution in [0.3, 0.4) is 0 Å². The van der Waals surface area contributed by atoms with Gasteiger partial charge in [-0.05, 0) is 42.5 Å². The Morgan fingerprint density at radius 1 is 1.17 bits per heavy atom. The topological polar surface area (TPSA) is 37.3 Å². The van der Waals surface area contributed by atoms with E-state index in [-0.39, 0.29) is 11.5 Å². The third-order valence-corrected chi connectivity index (χ3v) is 3.84. The number of carbonyl (C=O) groups excluding carboxylic acids is 1. The predicted molar refractivity (Wildman–Crippen MR) is 77.3 cm³/mol. The Kier molecular flexibility index (Phi) is 4.44. The molecule has 0 saturated carbocycles. The summed E-state index contributed by atoms with van der Waals surface area (Å²) >= 11 is 4.90. The van der Waals surface area contributed by atoms with Gasteiger partial charge in [0.1, 0.15) is 5.75 Å². The molecule has 2 nitrogen and oxygen atoms in total. The average molecular weight is 323 g/mol. The maximum atomic E-state index is 11.9. The Morgan fingerprint density at radius 3 is 2.56 bits per heavy atom. The van der Waals surface area contributed by atoms with Gasteiger partial charge in [-0.25, -0.2) is 0 Å². The van der Waals surface area contributed by atoms with E-state index in [0.717, 1.165) is 9.37 Å². The average Bonchev–Trinajstić information content (AvgIpc) is 2.37. The van der Waals surface area contributed by atoms with Crippen molar-refractivity contribution in [2.75, 3.05) is 5.75 Å². The van der Waals surface area contributed by atoms with Crippen LogP contribution in [-0.2, 0) is 0 Å². The predicted octanol–water partition coefficient (Wildman–Crippen LogP) is 4.13. The molecule has 0 heterocycles. The summed E-state index contributed by atoms with van der Waals surface area (Å²) in [6.45, 7) is 0. The zero-order chi connectivity index (χ0) is 13.0. The summed E-state index contributed by atoms with van der Waals surface area (Å²) in [6.07, 6.45) is 0. The summed E-state index contributed by atoms with van der Waals surface area (Å²) in [5, 5.41) is 9.16. The number of hydrogen-bond donors (Lipinski definition) is 1. The Labute approximate surface area is 118 Å². The molecule has 2 rings (SSSR count). The maximum absolute atomic E-state index is 11.9. The van der Waals surface area contributed by atoms with E-state index in [9.17, 15) is 4.79 Å². The van der Waals surface area contributed by atoms with Crippen molar-refractivity contribution in [3.63, 3.8) is 0 Å². The summed E-state index contributed by atoms with van der Waals surface area (Å²) in [7, 11) is 0. The normalized spacial score (nSPS) is 10.3. The Hall–Kier alpha value is -1.26. The number of phenolic OH excluding ortho intramolecular Hbond substituents is 1. The minimum absolute atomic E-state index is 0.0555. The first-order chi connectivity index (χ1) is 8.65. The summed E-state index contributed by atoms with van der Waals surface area (Å²) in [5.74, 6) is 0.618. The standard InChI is InChI=1S/C14H11BrO2S/c15-11-2-1-3-13(8-11)18-9-14(17)10-4-6-12(16)7-5-10/h1-8,16H,9H2. The molecule has 0 fully saturated rings. The van der Waals surface area contributed by atoms with E-state index >= 15 is 0 Å². The van der Waals surface area contributed by atoms with E-state index in [1.165, 1.54) is 23.9 Å². The van der Waals surface area contributed by atoms with Gasteiger partial charge < -0.3 is 5.11 Å². The highest BCUT2D eigenvalue weighted by molar-refractivity contribution is 9.10. The van der Waals surface area contributed by atoms with Gasteiger partial charge in [0.15, 0.2) is 5.78 Å². The van der Waals surface area contributed by atoms with Crippen LogP contribution in [0, 0.1) is 0 Å². The summed E-state index contributed by atoms with van der Waals surface area (Å²) in [5.41, 5.74) is 0.621. The molecule has 2 aromatic carbocycles. The number of hydrogen-bond acceptors (Lipinski definition) is 3. The minimum Gasteiger partial charge on any atom is -0.508 e. The number of Topliss-reactive ketones (excluding diaryl/α,β-unsaturated/α-hetero) is 1. The lowest BCUT2D eigenvalue weighted by Gasteiger charge is -2.02. The van der Waals surface area contributed by atoms with Crippen molar-refractivity contribution in [2.45, 2.75) is 4.90 Å². The Balaban J connectivity index is 1.98. The van der Waals surface area contributed by atoms with E-state index in [4.69, 9.17) is 5.11 Å². The van der Waals surface area contributed by atoms with Crippen LogP contribution >= 0.6 is 27.7 Å². The third-order valence-electron chi connectivity index (χ3n) is 2.36. The number of carbonyl (C=O) groups is 1. The van der Waals surface area contributed by atoms with Crippen molar-refractivity contribution in [3.8, 4) is 5.75 Å². The van der Waals surface area contributed by atoms with Gasteiger partial charge in [-0.2, -0.15) is 0 Å². The number of halogens is 1. The quantitative estimate of drug-likeness (QED) is 0.679. The molecular weight excluding hydrogens is 312 g/mol. The van der Waals surface area contributed by atoms with Crippen molar-refractivity contribution >= 4 is 33.5 Å². The van der Waals surface area contributed by atoms with Crippen molar-refractivity contribution in [1.29, 1.82) is 0 Å². The molecule has 0 saturated heterocycles.